The van der Waals surface area contributed by atoms with Gasteiger partial charge in [0, 0.05) is 36.3 Å². The third-order valence-electron chi connectivity index (χ3n) is 5.58. The summed E-state index contributed by atoms with van der Waals surface area (Å²) in [6.45, 7) is 12.5. The Kier molecular flexibility index (Phi) is 5.59. The smallest absolute Gasteiger partial charge is 0.159 e. The van der Waals surface area contributed by atoms with Gasteiger partial charge in [0.05, 0.1) is 0 Å². The average molecular weight is 355 g/mol. The maximum atomic E-state index is 7.59. The van der Waals surface area contributed by atoms with E-state index >= 15 is 0 Å². The maximum Gasteiger partial charge on any atom is 0.159 e. The topological polar surface area (TPSA) is 53.1 Å². The number of allylic oxidation sites excluding steroid dienone is 1. The summed E-state index contributed by atoms with van der Waals surface area (Å²) in [6, 6.07) is 12.9. The summed E-state index contributed by atoms with van der Waals surface area (Å²) < 4.78 is 0. The minimum Gasteiger partial charge on any atom is -0.399 e. The molecule has 2 aromatic carbocycles. The van der Waals surface area contributed by atoms with Crippen molar-refractivity contribution in [3.05, 3.63) is 76.3 Å². The molecule has 0 saturated heterocycles. The average Bonchev–Trinajstić information content (AvgIpc) is 3.00. The number of hydrogen-bond donors (Lipinski definition) is 2. The highest BCUT2D eigenvalue weighted by atomic mass is 15.2. The van der Waals surface area contributed by atoms with Crippen LogP contribution in [-0.4, -0.2) is 25.7 Å². The van der Waals surface area contributed by atoms with E-state index in [1.54, 1.807) is 0 Å². The molecule has 0 bridgehead atoms. The molecule has 1 aliphatic heterocycles. The molecule has 1 heterocycles. The van der Waals surface area contributed by atoms with Gasteiger partial charge in [-0.3, -0.25) is 0 Å². The molecule has 3 N–H and O–H groups in total. The van der Waals surface area contributed by atoms with Gasteiger partial charge in [-0.05, 0) is 40.7 Å². The second-order valence-electron chi connectivity index (χ2n) is 7.18. The van der Waals surface area contributed by atoms with Crippen LogP contribution in [0.3, 0.4) is 0 Å². The highest BCUT2D eigenvalue weighted by Crippen LogP contribution is 2.32. The first-order chi connectivity index (χ1) is 13.0. The van der Waals surface area contributed by atoms with Gasteiger partial charge in [-0.25, -0.2) is 0 Å². The lowest BCUT2D eigenvalue weighted by molar-refractivity contribution is 0.404. The number of nitrogens with zero attached hydrogens (tertiary/aromatic N) is 1. The standard InChI is InChI=1S/C22H27B2N3/c1-14-9-17(22(26)21(11-25)24-4)10-20(23-3)19(14)13-27-12-16-7-5-6-8-18(16)15(27)2/h5-11,23-25H,2,12-13,26H2,1,3-4H3/b22-21+,25-11?. The van der Waals surface area contributed by atoms with Crippen LogP contribution in [0.4, 0.5) is 0 Å². The molecule has 0 fully saturated rings. The number of benzene rings is 2. The Morgan fingerprint density at radius 1 is 1.30 bits per heavy atom. The Bertz CT molecular complexity index is 931. The molecule has 1 aliphatic rings. The summed E-state index contributed by atoms with van der Waals surface area (Å²) in [4.78, 5) is 2.36. The van der Waals surface area contributed by atoms with E-state index in [2.05, 4.69) is 61.6 Å². The van der Waals surface area contributed by atoms with Crippen LogP contribution in [0, 0.1) is 12.3 Å². The van der Waals surface area contributed by atoms with Crippen molar-refractivity contribution in [2.45, 2.75) is 33.7 Å². The van der Waals surface area contributed by atoms with Gasteiger partial charge in [-0.1, -0.05) is 56.0 Å². The SMILES string of the molecule is C=C1c2ccccc2CN1Cc1c(C)cc(/C(N)=C(\BC)C=N)cc1BC. The highest BCUT2D eigenvalue weighted by molar-refractivity contribution is 6.53. The predicted molar refractivity (Wildman–Crippen MR) is 121 cm³/mol. The van der Waals surface area contributed by atoms with Crippen LogP contribution in [0.15, 0.2) is 48.4 Å². The van der Waals surface area contributed by atoms with Gasteiger partial charge >= 0.3 is 0 Å². The summed E-state index contributed by atoms with van der Waals surface area (Å²) in [6.07, 6.45) is 1.37. The first kappa shape index (κ1) is 19.1. The molecule has 0 aliphatic carbocycles. The van der Waals surface area contributed by atoms with Crippen molar-refractivity contribution in [3.8, 4) is 0 Å². The van der Waals surface area contributed by atoms with E-state index in [0.29, 0.717) is 0 Å². The molecule has 3 nitrogen and oxygen atoms in total. The van der Waals surface area contributed by atoms with Crippen molar-refractivity contribution >= 4 is 37.6 Å². The zero-order chi connectivity index (χ0) is 19.6. The second-order valence-corrected chi connectivity index (χ2v) is 7.18. The minimum atomic E-state index is 0.717. The quantitative estimate of drug-likeness (QED) is 0.619. The van der Waals surface area contributed by atoms with Crippen molar-refractivity contribution in [1.82, 2.24) is 4.90 Å². The number of fused-ring (bicyclic) bond motifs is 1. The molecule has 0 amide bonds. The number of rotatable bonds is 6. The van der Waals surface area contributed by atoms with Crippen LogP contribution >= 0.6 is 0 Å². The van der Waals surface area contributed by atoms with Gasteiger partial charge in [-0.2, -0.15) is 0 Å². The molecule has 3 rings (SSSR count). The Hall–Kier alpha value is -2.68. The van der Waals surface area contributed by atoms with Crippen LogP contribution < -0.4 is 11.2 Å². The lowest BCUT2D eigenvalue weighted by Crippen LogP contribution is -2.26. The maximum absolute atomic E-state index is 7.59. The fourth-order valence-corrected chi connectivity index (χ4v) is 3.90. The molecule has 0 atom stereocenters. The molecule has 0 aromatic heterocycles. The van der Waals surface area contributed by atoms with E-state index in [1.165, 1.54) is 33.9 Å². The van der Waals surface area contributed by atoms with E-state index in [1.807, 2.05) is 6.82 Å². The molecule has 0 spiro atoms. The van der Waals surface area contributed by atoms with E-state index in [-0.39, 0.29) is 0 Å². The highest BCUT2D eigenvalue weighted by Gasteiger charge is 2.23. The summed E-state index contributed by atoms with van der Waals surface area (Å²) in [5, 5.41) is 7.59. The summed E-state index contributed by atoms with van der Waals surface area (Å²) in [5.41, 5.74) is 16.6. The van der Waals surface area contributed by atoms with Crippen LogP contribution in [0.2, 0.25) is 13.6 Å². The van der Waals surface area contributed by atoms with Crippen LogP contribution in [0.5, 0.6) is 0 Å². The van der Waals surface area contributed by atoms with Crippen LogP contribution in [-0.2, 0) is 13.1 Å². The third-order valence-corrected chi connectivity index (χ3v) is 5.58. The monoisotopic (exact) mass is 355 g/mol. The number of hydrogen-bond acceptors (Lipinski definition) is 3. The molecule has 136 valence electrons. The molecule has 0 radical (unpaired) electrons. The van der Waals surface area contributed by atoms with Crippen LogP contribution in [0.25, 0.3) is 11.4 Å². The van der Waals surface area contributed by atoms with E-state index in [4.69, 9.17) is 11.1 Å². The van der Waals surface area contributed by atoms with Gasteiger partial charge in [0.2, 0.25) is 0 Å². The predicted octanol–water partition coefficient (Wildman–Crippen LogP) is 2.85. The largest absolute Gasteiger partial charge is 0.399 e. The Morgan fingerprint density at radius 3 is 2.67 bits per heavy atom. The second kappa shape index (κ2) is 7.91. The van der Waals surface area contributed by atoms with E-state index in [0.717, 1.165) is 50.1 Å². The first-order valence-electron chi connectivity index (χ1n) is 9.64. The number of nitrogens with two attached hydrogens (primary N) is 1. The molecule has 2 aromatic rings. The number of aryl methyl sites for hydroxylation is 1. The minimum absolute atomic E-state index is 0.717. The Balaban J connectivity index is 1.95. The summed E-state index contributed by atoms with van der Waals surface area (Å²) >= 11 is 0. The van der Waals surface area contributed by atoms with Crippen molar-refractivity contribution in [3.63, 3.8) is 0 Å². The van der Waals surface area contributed by atoms with Crippen molar-refractivity contribution < 1.29 is 0 Å². The van der Waals surface area contributed by atoms with Crippen LogP contribution in [0.1, 0.15) is 27.8 Å². The normalized spacial score (nSPS) is 13.9. The number of nitrogens with one attached hydrogen (secondary N) is 1. The summed E-state index contributed by atoms with van der Waals surface area (Å²) in [7, 11) is 1.72. The van der Waals surface area contributed by atoms with Gasteiger partial charge in [0.25, 0.3) is 0 Å². The first-order valence-corrected chi connectivity index (χ1v) is 9.64. The van der Waals surface area contributed by atoms with Crippen molar-refractivity contribution in [2.24, 2.45) is 5.73 Å². The Morgan fingerprint density at radius 2 is 2.04 bits per heavy atom. The lowest BCUT2D eigenvalue weighted by atomic mass is 9.68. The van der Waals surface area contributed by atoms with Gasteiger partial charge < -0.3 is 16.0 Å². The van der Waals surface area contributed by atoms with Crippen molar-refractivity contribution in [2.75, 3.05) is 0 Å². The molecule has 0 unspecified atom stereocenters. The molecule has 5 heteroatoms. The fourth-order valence-electron chi connectivity index (χ4n) is 3.90. The Labute approximate surface area is 164 Å². The van der Waals surface area contributed by atoms with Crippen molar-refractivity contribution in [1.29, 1.82) is 5.41 Å². The zero-order valence-electron chi connectivity index (χ0n) is 16.6. The molecular weight excluding hydrogens is 328 g/mol. The molecule has 0 saturated carbocycles. The third kappa shape index (κ3) is 3.59. The fraction of sp³-hybridized carbons (Fsp3) is 0.227. The van der Waals surface area contributed by atoms with Gasteiger partial charge in [0.15, 0.2) is 14.6 Å². The van der Waals surface area contributed by atoms with Gasteiger partial charge in [0.1, 0.15) is 0 Å². The lowest BCUT2D eigenvalue weighted by Gasteiger charge is -2.24. The van der Waals surface area contributed by atoms with Gasteiger partial charge in [-0.15, -0.1) is 0 Å². The van der Waals surface area contributed by atoms with E-state index < -0.39 is 0 Å². The zero-order valence-corrected chi connectivity index (χ0v) is 16.6. The molecule has 27 heavy (non-hydrogen) atoms. The summed E-state index contributed by atoms with van der Waals surface area (Å²) in [5.74, 6) is 0. The van der Waals surface area contributed by atoms with E-state index in [9.17, 15) is 0 Å². The molecular formula is C22H27B2N3.